The van der Waals surface area contributed by atoms with E-state index in [1.807, 2.05) is 4.90 Å². The minimum atomic E-state index is -4.84. The van der Waals surface area contributed by atoms with E-state index in [0.717, 1.165) is 12.8 Å². The zero-order chi connectivity index (χ0) is 29.2. The lowest BCUT2D eigenvalue weighted by Crippen LogP contribution is -2.63. The number of nitrogens with two attached hydrogens (primary N) is 1. The van der Waals surface area contributed by atoms with E-state index in [0.29, 0.717) is 0 Å². The van der Waals surface area contributed by atoms with E-state index in [9.17, 15) is 48.0 Å². The Bertz CT molecular complexity index is 1480. The molecular formula is C27H28F3N3O7. The van der Waals surface area contributed by atoms with Crippen molar-refractivity contribution < 1.29 is 48.0 Å². The quantitative estimate of drug-likeness (QED) is 0.344. The second-order valence-electron chi connectivity index (χ2n) is 11.6. The van der Waals surface area contributed by atoms with Crippen LogP contribution in [0.2, 0.25) is 0 Å². The number of carbonyl (C=O) groups excluding carboxylic acids is 3. The maximum Gasteiger partial charge on any atom is 0.417 e. The molecule has 0 unspecified atom stereocenters. The molecule has 1 saturated carbocycles. The van der Waals surface area contributed by atoms with Gasteiger partial charge in [-0.1, -0.05) is 0 Å². The van der Waals surface area contributed by atoms with Crippen LogP contribution >= 0.6 is 0 Å². The third-order valence-corrected chi connectivity index (χ3v) is 9.18. The van der Waals surface area contributed by atoms with E-state index in [2.05, 4.69) is 0 Å². The number of phenolic OH excluding ortho intramolecular Hbond substituents is 1. The van der Waals surface area contributed by atoms with Gasteiger partial charge in [0.25, 0.3) is 5.91 Å². The van der Waals surface area contributed by atoms with Gasteiger partial charge in [-0.05, 0) is 56.8 Å². The number of aliphatic hydroxyl groups is 3. The van der Waals surface area contributed by atoms with Crippen LogP contribution in [0.1, 0.15) is 51.9 Å². The van der Waals surface area contributed by atoms with Crippen LogP contribution in [0.25, 0.3) is 0 Å². The summed E-state index contributed by atoms with van der Waals surface area (Å²) in [5, 5.41) is 45.0. The van der Waals surface area contributed by atoms with Crippen LogP contribution in [0.5, 0.6) is 5.75 Å². The Morgan fingerprint density at radius 3 is 2.25 bits per heavy atom. The molecule has 0 saturated heterocycles. The average molecular weight is 564 g/mol. The van der Waals surface area contributed by atoms with Crippen molar-refractivity contribution >= 4 is 17.5 Å². The molecule has 13 heteroatoms. The fourth-order valence-corrected chi connectivity index (χ4v) is 7.34. The van der Waals surface area contributed by atoms with Crippen molar-refractivity contribution in [2.24, 2.45) is 17.6 Å². The lowest BCUT2D eigenvalue weighted by Gasteiger charge is -2.50. The summed E-state index contributed by atoms with van der Waals surface area (Å²) in [6.45, 7) is 0.0155. The molecule has 10 nitrogen and oxygen atoms in total. The number of ketones is 2. The van der Waals surface area contributed by atoms with Gasteiger partial charge in [-0.3, -0.25) is 24.2 Å². The van der Waals surface area contributed by atoms with Crippen molar-refractivity contribution in [1.82, 2.24) is 9.80 Å². The number of fused-ring (bicyclic) bond motifs is 4. The number of halogens is 3. The Labute approximate surface area is 226 Å². The maximum atomic E-state index is 14.6. The average Bonchev–Trinajstić information content (AvgIpc) is 3.59. The Morgan fingerprint density at radius 1 is 1.07 bits per heavy atom. The standard InChI is InChI=1S/C27H28F3N3O7/c1-32(2)19-14-6-9-5-11-16(20(34)13-8-33(10-3-4-10)7-12(13)18(11)27(28,29)30)21(35)15(9)23(37)26(14,40)24(38)17(22(19)36)25(31)39/h9-10,14,19,34,36-37,40H,3-8H2,1-2H3,(H2,31,39)/t9-,14-,19-,26-/m0/s1. The number of aromatic hydroxyl groups is 1. The largest absolute Gasteiger partial charge is 0.510 e. The van der Waals surface area contributed by atoms with Gasteiger partial charge in [0.15, 0.2) is 11.4 Å². The molecular weight excluding hydrogens is 535 g/mol. The van der Waals surface area contributed by atoms with E-state index in [-0.39, 0.29) is 42.2 Å². The highest BCUT2D eigenvalue weighted by molar-refractivity contribution is 6.24. The van der Waals surface area contributed by atoms with Gasteiger partial charge in [0.1, 0.15) is 22.8 Å². The molecule has 1 fully saturated rings. The van der Waals surface area contributed by atoms with Gasteiger partial charge < -0.3 is 26.2 Å². The Balaban J connectivity index is 1.57. The predicted molar refractivity (Wildman–Crippen MR) is 131 cm³/mol. The Morgan fingerprint density at radius 2 is 1.70 bits per heavy atom. The maximum absolute atomic E-state index is 14.6. The van der Waals surface area contributed by atoms with E-state index < -0.39 is 93.1 Å². The van der Waals surface area contributed by atoms with Crippen molar-refractivity contribution in [2.75, 3.05) is 14.1 Å². The van der Waals surface area contributed by atoms with E-state index >= 15 is 0 Å². The van der Waals surface area contributed by atoms with E-state index in [1.54, 1.807) is 0 Å². The normalized spacial score (nSPS) is 30.4. The molecule has 0 radical (unpaired) electrons. The van der Waals surface area contributed by atoms with Crippen molar-refractivity contribution in [2.45, 2.75) is 62.6 Å². The molecule has 40 heavy (non-hydrogen) atoms. The number of allylic oxidation sites excluding steroid dienone is 1. The molecule has 6 N–H and O–H groups in total. The fraction of sp³-hybridized carbons (Fsp3) is 0.519. The summed E-state index contributed by atoms with van der Waals surface area (Å²) in [7, 11) is 2.95. The zero-order valence-electron chi connectivity index (χ0n) is 21.7. The number of amides is 1. The fourth-order valence-electron chi connectivity index (χ4n) is 7.34. The molecule has 4 atom stereocenters. The molecule has 1 aromatic carbocycles. The van der Waals surface area contributed by atoms with Crippen molar-refractivity contribution in [1.29, 1.82) is 0 Å². The first-order valence-electron chi connectivity index (χ1n) is 13.0. The van der Waals surface area contributed by atoms with Crippen LogP contribution in [0.4, 0.5) is 13.2 Å². The number of Topliss-reactive ketones (excluding diaryl/α,β-unsaturated/α-hetero) is 2. The number of hydrogen-bond acceptors (Lipinski definition) is 9. The summed E-state index contributed by atoms with van der Waals surface area (Å²) in [5.41, 5.74) is -1.02. The first kappa shape index (κ1) is 26.8. The Hall–Kier alpha value is -3.42. The molecule has 6 rings (SSSR count). The highest BCUT2D eigenvalue weighted by atomic mass is 19.4. The molecule has 1 heterocycles. The molecule has 0 aromatic heterocycles. The van der Waals surface area contributed by atoms with Gasteiger partial charge in [-0.15, -0.1) is 0 Å². The van der Waals surface area contributed by atoms with Crippen molar-refractivity contribution in [3.05, 3.63) is 50.5 Å². The predicted octanol–water partition coefficient (Wildman–Crippen LogP) is 1.62. The molecule has 4 aliphatic carbocycles. The number of rotatable bonds is 3. The molecule has 0 spiro atoms. The van der Waals surface area contributed by atoms with Gasteiger partial charge in [-0.2, -0.15) is 13.2 Å². The third kappa shape index (κ3) is 3.37. The summed E-state index contributed by atoms with van der Waals surface area (Å²) in [6, 6.07) is -1.13. The number of benzene rings is 1. The van der Waals surface area contributed by atoms with E-state index in [4.69, 9.17) is 5.73 Å². The second-order valence-corrected chi connectivity index (χ2v) is 11.6. The number of alkyl halides is 3. The number of phenols is 1. The van der Waals surface area contributed by atoms with Gasteiger partial charge in [0.05, 0.1) is 17.2 Å². The van der Waals surface area contributed by atoms with Crippen molar-refractivity contribution in [3.8, 4) is 5.75 Å². The number of nitrogens with zero attached hydrogens (tertiary/aromatic N) is 2. The van der Waals surface area contributed by atoms with Crippen LogP contribution in [0, 0.1) is 11.8 Å². The number of aliphatic hydroxyl groups excluding tert-OH is 2. The first-order chi connectivity index (χ1) is 18.6. The highest BCUT2D eigenvalue weighted by Crippen LogP contribution is 2.55. The summed E-state index contributed by atoms with van der Waals surface area (Å²) < 4.78 is 43.8. The topological polar surface area (TPSA) is 165 Å². The van der Waals surface area contributed by atoms with Gasteiger partial charge >= 0.3 is 6.18 Å². The number of carbonyl (C=O) groups is 3. The van der Waals surface area contributed by atoms with Gasteiger partial charge in [0, 0.05) is 36.2 Å². The molecule has 5 aliphatic rings. The lowest BCUT2D eigenvalue weighted by molar-refractivity contribution is -0.148. The monoisotopic (exact) mass is 563 g/mol. The van der Waals surface area contributed by atoms with E-state index in [1.165, 1.54) is 19.0 Å². The molecule has 1 aliphatic heterocycles. The Kier molecular flexibility index (Phi) is 5.56. The van der Waals surface area contributed by atoms with Crippen LogP contribution in [0.3, 0.4) is 0 Å². The lowest BCUT2D eigenvalue weighted by atomic mass is 9.58. The minimum Gasteiger partial charge on any atom is -0.510 e. The van der Waals surface area contributed by atoms with Crippen LogP contribution in [-0.4, -0.2) is 79.5 Å². The molecule has 214 valence electrons. The summed E-state index contributed by atoms with van der Waals surface area (Å²) >= 11 is 0. The van der Waals surface area contributed by atoms with Gasteiger partial charge in [0.2, 0.25) is 5.78 Å². The van der Waals surface area contributed by atoms with Crippen molar-refractivity contribution in [3.63, 3.8) is 0 Å². The number of primary amides is 1. The number of hydrogen-bond donors (Lipinski definition) is 5. The highest BCUT2D eigenvalue weighted by Gasteiger charge is 2.63. The van der Waals surface area contributed by atoms with Gasteiger partial charge in [-0.25, -0.2) is 0 Å². The first-order valence-corrected chi connectivity index (χ1v) is 13.0. The summed E-state index contributed by atoms with van der Waals surface area (Å²) in [6.07, 6.45) is -3.88. The smallest absolute Gasteiger partial charge is 0.417 e. The summed E-state index contributed by atoms with van der Waals surface area (Å²) in [5.74, 6) is -8.74. The SMILES string of the molecule is CN(C)[C@@H]1C(O)=C(C(N)=O)C(=O)[C@@]2(O)C(O)=C3C(=O)c4c(O)c5c(c(C(F)(F)F)c4C[C@H]3C[C@@H]12)CN(C1CC1)C5. The minimum absolute atomic E-state index is 0.00236. The molecule has 0 bridgehead atoms. The second kappa shape index (κ2) is 8.30. The molecule has 1 aromatic rings. The number of likely N-dealkylation sites (N-methyl/N-ethyl adjacent to an activating group) is 1. The zero-order valence-corrected chi connectivity index (χ0v) is 21.7. The van der Waals surface area contributed by atoms with Crippen LogP contribution in [-0.2, 0) is 35.3 Å². The molecule has 1 amide bonds. The summed E-state index contributed by atoms with van der Waals surface area (Å²) in [4.78, 5) is 42.5. The van der Waals surface area contributed by atoms with Crippen LogP contribution in [0.15, 0.2) is 22.7 Å². The third-order valence-electron chi connectivity index (χ3n) is 9.18. The van der Waals surface area contributed by atoms with Crippen LogP contribution < -0.4 is 5.73 Å².